The minimum absolute atomic E-state index is 0.0589. The molecular weight excluding hydrogens is 467 g/mol. The molecule has 2 aliphatic rings. The van der Waals surface area contributed by atoms with Crippen molar-refractivity contribution < 1.29 is 13.2 Å². The number of thiazole rings is 1. The van der Waals surface area contributed by atoms with Crippen LogP contribution in [-0.2, 0) is 14.8 Å². The van der Waals surface area contributed by atoms with Gasteiger partial charge in [-0.15, -0.1) is 11.3 Å². The number of hydrogen-bond acceptors (Lipinski definition) is 6. The number of hydrogen-bond donors (Lipinski definition) is 0. The van der Waals surface area contributed by atoms with Gasteiger partial charge < -0.3 is 9.80 Å². The van der Waals surface area contributed by atoms with Crippen molar-refractivity contribution >= 4 is 55.6 Å². The minimum Gasteiger partial charge on any atom is -0.345 e. The van der Waals surface area contributed by atoms with E-state index in [9.17, 15) is 13.2 Å². The topological polar surface area (TPSA) is 73.8 Å². The van der Waals surface area contributed by atoms with E-state index in [1.54, 1.807) is 23.6 Å². The summed E-state index contributed by atoms with van der Waals surface area (Å²) in [7, 11) is -3.80. The summed E-state index contributed by atoms with van der Waals surface area (Å²) >= 11 is 13.8. The van der Waals surface area contributed by atoms with Crippen LogP contribution in [0.4, 0.5) is 5.13 Å². The molecule has 2 saturated heterocycles. The second-order valence-corrected chi connectivity index (χ2v) is 10.9. The van der Waals surface area contributed by atoms with Crippen molar-refractivity contribution in [2.75, 3.05) is 44.2 Å². The van der Waals surface area contributed by atoms with Gasteiger partial charge in [0.25, 0.3) is 0 Å². The third kappa shape index (κ3) is 4.31. The predicted molar refractivity (Wildman–Crippen MR) is 119 cm³/mol. The molecule has 3 heterocycles. The van der Waals surface area contributed by atoms with Crippen LogP contribution in [0.15, 0.2) is 34.7 Å². The number of piperazine rings is 1. The molecule has 2 fully saturated rings. The lowest BCUT2D eigenvalue weighted by Crippen LogP contribution is -2.52. The molecule has 2 aliphatic heterocycles. The van der Waals surface area contributed by atoms with Crippen LogP contribution >= 0.6 is 34.5 Å². The molecule has 0 N–H and O–H groups in total. The van der Waals surface area contributed by atoms with Gasteiger partial charge in [-0.3, -0.25) is 4.79 Å². The number of nitrogens with zero attached hydrogens (tertiary/aromatic N) is 4. The largest absolute Gasteiger partial charge is 0.345 e. The number of carbonyl (C=O) groups excluding carboxylic acids is 1. The van der Waals surface area contributed by atoms with Gasteiger partial charge in [-0.1, -0.05) is 29.3 Å². The maximum Gasteiger partial charge on any atom is 0.246 e. The van der Waals surface area contributed by atoms with Gasteiger partial charge >= 0.3 is 0 Å². The highest BCUT2D eigenvalue weighted by Gasteiger charge is 2.36. The summed E-state index contributed by atoms with van der Waals surface area (Å²) in [6.45, 7) is 3.39. The van der Waals surface area contributed by atoms with Crippen molar-refractivity contribution in [3.05, 3.63) is 39.8 Å². The van der Waals surface area contributed by atoms with E-state index in [1.165, 1.54) is 16.4 Å². The first-order chi connectivity index (χ1) is 14.4. The summed E-state index contributed by atoms with van der Waals surface area (Å²) in [5, 5.41) is 3.15. The fourth-order valence-corrected chi connectivity index (χ4v) is 7.21. The smallest absolute Gasteiger partial charge is 0.246 e. The van der Waals surface area contributed by atoms with Crippen LogP contribution in [0.1, 0.15) is 12.8 Å². The van der Waals surface area contributed by atoms with E-state index in [4.69, 9.17) is 23.2 Å². The second-order valence-electron chi connectivity index (χ2n) is 7.36. The van der Waals surface area contributed by atoms with E-state index in [0.29, 0.717) is 25.9 Å². The van der Waals surface area contributed by atoms with Gasteiger partial charge in [-0.25, -0.2) is 13.4 Å². The first kappa shape index (κ1) is 21.8. The molecule has 0 saturated carbocycles. The normalized spacial score (nSPS) is 19.3. The molecule has 0 atom stereocenters. The number of anilines is 1. The van der Waals surface area contributed by atoms with Crippen molar-refractivity contribution in [1.82, 2.24) is 14.2 Å². The SMILES string of the molecule is O=C(C1CCN(S(=O)(=O)c2c(Cl)cccc2Cl)CC1)N1CCN(c2nccs2)CC1. The number of halogens is 2. The molecule has 1 aromatic heterocycles. The molecule has 1 amide bonds. The number of amides is 1. The summed E-state index contributed by atoms with van der Waals surface area (Å²) in [6.07, 6.45) is 2.77. The van der Waals surface area contributed by atoms with E-state index in [0.717, 1.165) is 18.2 Å². The standard InChI is InChI=1S/C19H22Cl2N4O3S2/c20-15-2-1-3-16(21)17(15)30(27,28)25-7-4-14(5-8-25)18(26)23-9-11-24(12-10-23)19-22-6-13-29-19/h1-3,6,13-14H,4-5,7-12H2. The lowest BCUT2D eigenvalue weighted by Gasteiger charge is -2.38. The fraction of sp³-hybridized carbons (Fsp3) is 0.474. The number of benzene rings is 1. The molecule has 0 radical (unpaired) electrons. The van der Waals surface area contributed by atoms with E-state index in [-0.39, 0.29) is 39.9 Å². The quantitative estimate of drug-likeness (QED) is 0.660. The molecule has 162 valence electrons. The Morgan fingerprint density at radius 1 is 1.03 bits per heavy atom. The Kier molecular flexibility index (Phi) is 6.55. The predicted octanol–water partition coefficient (Wildman–Crippen LogP) is 3.20. The highest BCUT2D eigenvalue weighted by molar-refractivity contribution is 7.89. The Bertz CT molecular complexity index is 981. The lowest BCUT2D eigenvalue weighted by atomic mass is 9.96. The first-order valence-corrected chi connectivity index (χ1v) is 12.8. The Morgan fingerprint density at radius 3 is 2.23 bits per heavy atom. The van der Waals surface area contributed by atoms with Gasteiger partial charge in [-0.05, 0) is 25.0 Å². The maximum atomic E-state index is 13.0. The molecule has 11 heteroatoms. The van der Waals surface area contributed by atoms with Gasteiger partial charge in [0, 0.05) is 56.8 Å². The van der Waals surface area contributed by atoms with Crippen LogP contribution < -0.4 is 4.90 Å². The van der Waals surface area contributed by atoms with Gasteiger partial charge in [-0.2, -0.15) is 4.31 Å². The van der Waals surface area contributed by atoms with E-state index in [2.05, 4.69) is 9.88 Å². The fourth-order valence-electron chi connectivity index (χ4n) is 3.95. The van der Waals surface area contributed by atoms with Gasteiger partial charge in [0.05, 0.1) is 10.0 Å². The number of carbonyl (C=O) groups is 1. The molecule has 30 heavy (non-hydrogen) atoms. The highest BCUT2D eigenvalue weighted by atomic mass is 35.5. The maximum absolute atomic E-state index is 13.0. The second kappa shape index (κ2) is 9.00. The molecule has 4 rings (SSSR count). The van der Waals surface area contributed by atoms with Crippen molar-refractivity contribution in [3.8, 4) is 0 Å². The van der Waals surface area contributed by atoms with E-state index in [1.807, 2.05) is 10.3 Å². The minimum atomic E-state index is -3.80. The van der Waals surface area contributed by atoms with Crippen molar-refractivity contribution in [1.29, 1.82) is 0 Å². The van der Waals surface area contributed by atoms with E-state index >= 15 is 0 Å². The monoisotopic (exact) mass is 488 g/mol. The first-order valence-electron chi connectivity index (χ1n) is 9.75. The average molecular weight is 489 g/mol. The highest BCUT2D eigenvalue weighted by Crippen LogP contribution is 2.33. The molecule has 2 aromatic rings. The summed E-state index contributed by atoms with van der Waals surface area (Å²) in [5.74, 6) is -0.0498. The van der Waals surface area contributed by atoms with Crippen molar-refractivity contribution in [2.45, 2.75) is 17.7 Å². The zero-order chi connectivity index (χ0) is 21.3. The zero-order valence-electron chi connectivity index (χ0n) is 16.2. The number of aromatic nitrogens is 1. The van der Waals surface area contributed by atoms with E-state index < -0.39 is 10.0 Å². The van der Waals surface area contributed by atoms with Crippen LogP contribution in [0.5, 0.6) is 0 Å². The molecule has 0 aliphatic carbocycles. The van der Waals surface area contributed by atoms with Crippen LogP contribution in [0.25, 0.3) is 0 Å². The summed E-state index contributed by atoms with van der Waals surface area (Å²) in [5.41, 5.74) is 0. The van der Waals surface area contributed by atoms with Gasteiger partial charge in [0.1, 0.15) is 4.90 Å². The Balaban J connectivity index is 1.35. The molecule has 7 nitrogen and oxygen atoms in total. The molecule has 0 spiro atoms. The molecular formula is C19H22Cl2N4O3S2. The Labute approximate surface area is 190 Å². The average Bonchev–Trinajstić information content (AvgIpc) is 3.28. The summed E-state index contributed by atoms with van der Waals surface area (Å²) in [6, 6.07) is 4.65. The third-order valence-corrected chi connectivity index (χ3v) is 9.29. The van der Waals surface area contributed by atoms with Crippen LogP contribution in [0.2, 0.25) is 10.0 Å². The zero-order valence-corrected chi connectivity index (χ0v) is 19.4. The van der Waals surface area contributed by atoms with Crippen LogP contribution in [0, 0.1) is 5.92 Å². The Morgan fingerprint density at radius 2 is 1.67 bits per heavy atom. The molecule has 0 unspecified atom stereocenters. The third-order valence-electron chi connectivity index (χ3n) is 5.60. The Hall–Kier alpha value is -1.39. The molecule has 1 aromatic carbocycles. The van der Waals surface area contributed by atoms with Crippen LogP contribution in [0.3, 0.4) is 0 Å². The van der Waals surface area contributed by atoms with Gasteiger partial charge in [0.2, 0.25) is 15.9 Å². The van der Waals surface area contributed by atoms with Crippen LogP contribution in [-0.4, -0.2) is 67.8 Å². The van der Waals surface area contributed by atoms with Crippen molar-refractivity contribution in [3.63, 3.8) is 0 Å². The van der Waals surface area contributed by atoms with Crippen molar-refractivity contribution in [2.24, 2.45) is 5.92 Å². The summed E-state index contributed by atoms with van der Waals surface area (Å²) < 4.78 is 27.4. The summed E-state index contributed by atoms with van der Waals surface area (Å²) in [4.78, 5) is 21.3. The lowest BCUT2D eigenvalue weighted by molar-refractivity contribution is -0.137. The number of sulfonamides is 1. The van der Waals surface area contributed by atoms with Gasteiger partial charge in [0.15, 0.2) is 5.13 Å². The molecule has 0 bridgehead atoms. The number of rotatable bonds is 4. The number of piperidine rings is 1.